The minimum absolute atomic E-state index is 0.0756. The second kappa shape index (κ2) is 7.00. The molecule has 0 aromatic carbocycles. The molecule has 0 saturated carbocycles. The molecule has 2 aromatic rings. The molecule has 0 atom stereocenters. The van der Waals surface area contributed by atoms with Gasteiger partial charge in [0.05, 0.1) is 4.92 Å². The maximum Gasteiger partial charge on any atom is 0.315 e. The van der Waals surface area contributed by atoms with Gasteiger partial charge in [0.15, 0.2) is 4.60 Å². The van der Waals surface area contributed by atoms with Gasteiger partial charge in [-0.2, -0.15) is 0 Å². The van der Waals surface area contributed by atoms with E-state index >= 15 is 0 Å². The van der Waals surface area contributed by atoms with Crippen LogP contribution in [0.2, 0.25) is 0 Å². The van der Waals surface area contributed by atoms with Crippen LogP contribution in [0.25, 0.3) is 0 Å². The zero-order valence-corrected chi connectivity index (χ0v) is 12.4. The first-order chi connectivity index (χ1) is 8.93. The van der Waals surface area contributed by atoms with Gasteiger partial charge in [-0.25, -0.2) is 9.97 Å². The zero-order valence-electron chi connectivity index (χ0n) is 9.20. The van der Waals surface area contributed by atoms with Crippen molar-refractivity contribution in [2.75, 3.05) is 0 Å². The van der Waals surface area contributed by atoms with Gasteiger partial charge in [-0.05, 0) is 44.0 Å². The number of aromatic nitrogens is 2. The SMILES string of the molecule is O=[N+]([O-])c1ccnc(Br)c1O.Oc1cccnc1Br. The van der Waals surface area contributed by atoms with Crippen molar-refractivity contribution in [3.63, 3.8) is 0 Å². The molecule has 0 aliphatic carbocycles. The molecule has 0 saturated heterocycles. The Morgan fingerprint density at radius 3 is 2.16 bits per heavy atom. The van der Waals surface area contributed by atoms with Crippen molar-refractivity contribution in [1.82, 2.24) is 9.97 Å². The summed E-state index contributed by atoms with van der Waals surface area (Å²) >= 11 is 5.88. The van der Waals surface area contributed by atoms with E-state index in [1.165, 1.54) is 6.20 Å². The van der Waals surface area contributed by atoms with E-state index in [1.54, 1.807) is 18.3 Å². The van der Waals surface area contributed by atoms with Gasteiger partial charge in [0.25, 0.3) is 0 Å². The first-order valence-corrected chi connectivity index (χ1v) is 6.29. The third-order valence-electron chi connectivity index (χ3n) is 1.79. The molecule has 0 spiro atoms. The molecule has 0 aliphatic heterocycles. The van der Waals surface area contributed by atoms with E-state index < -0.39 is 10.7 Å². The Balaban J connectivity index is 0.000000200. The van der Waals surface area contributed by atoms with Gasteiger partial charge in [-0.3, -0.25) is 10.1 Å². The van der Waals surface area contributed by atoms with Crippen LogP contribution in [0.15, 0.2) is 39.8 Å². The highest BCUT2D eigenvalue weighted by Gasteiger charge is 2.15. The standard InChI is InChI=1S/C5H3BrN2O3.C5H4BrNO/c6-5-4(9)3(8(10)11)1-2-7-5;6-5-4(8)2-1-3-7-5/h1-2,9H;1-3,8H. The molecule has 100 valence electrons. The Labute approximate surface area is 124 Å². The fourth-order valence-corrected chi connectivity index (χ4v) is 1.52. The van der Waals surface area contributed by atoms with Gasteiger partial charge < -0.3 is 10.2 Å². The number of hydrogen-bond acceptors (Lipinski definition) is 6. The Kier molecular flexibility index (Phi) is 5.64. The minimum atomic E-state index is -0.679. The lowest BCUT2D eigenvalue weighted by Gasteiger charge is -1.95. The summed E-state index contributed by atoms with van der Waals surface area (Å²) in [5, 5.41) is 28.0. The van der Waals surface area contributed by atoms with E-state index in [1.807, 2.05) is 0 Å². The van der Waals surface area contributed by atoms with Crippen LogP contribution in [0.3, 0.4) is 0 Å². The van der Waals surface area contributed by atoms with E-state index in [-0.39, 0.29) is 16.0 Å². The molecular formula is C10H7Br2N3O4. The lowest BCUT2D eigenvalue weighted by molar-refractivity contribution is -0.386. The normalized spacial score (nSPS) is 9.37. The summed E-state index contributed by atoms with van der Waals surface area (Å²) < 4.78 is 0.562. The summed E-state index contributed by atoms with van der Waals surface area (Å²) in [5.41, 5.74) is -0.355. The summed E-state index contributed by atoms with van der Waals surface area (Å²) in [4.78, 5) is 16.8. The molecule has 2 aromatic heterocycles. The van der Waals surface area contributed by atoms with Crippen LogP contribution in [0.4, 0.5) is 5.69 Å². The Morgan fingerprint density at radius 2 is 1.74 bits per heavy atom. The average Bonchev–Trinajstić information content (AvgIpc) is 2.37. The average molecular weight is 393 g/mol. The first kappa shape index (κ1) is 15.3. The minimum Gasteiger partial charge on any atom is -0.505 e. The molecule has 2 N–H and O–H groups in total. The predicted octanol–water partition coefficient (Wildman–Crippen LogP) is 3.01. The van der Waals surface area contributed by atoms with E-state index in [0.717, 1.165) is 6.07 Å². The summed E-state index contributed by atoms with van der Waals surface area (Å²) in [7, 11) is 0. The Morgan fingerprint density at radius 1 is 1.11 bits per heavy atom. The summed E-state index contributed by atoms with van der Waals surface area (Å²) in [6, 6.07) is 4.36. The molecule has 0 fully saturated rings. The van der Waals surface area contributed by atoms with Crippen LogP contribution in [0.5, 0.6) is 11.5 Å². The topological polar surface area (TPSA) is 109 Å². The maximum absolute atomic E-state index is 10.2. The monoisotopic (exact) mass is 391 g/mol. The second-order valence-electron chi connectivity index (χ2n) is 3.04. The van der Waals surface area contributed by atoms with Gasteiger partial charge >= 0.3 is 5.69 Å². The number of pyridine rings is 2. The maximum atomic E-state index is 10.2. The molecule has 0 aliphatic rings. The molecule has 2 heterocycles. The van der Waals surface area contributed by atoms with E-state index in [2.05, 4.69) is 41.8 Å². The van der Waals surface area contributed by atoms with Crippen LogP contribution < -0.4 is 0 Å². The summed E-state index contributed by atoms with van der Waals surface area (Å²) in [6.07, 6.45) is 2.84. The predicted molar refractivity (Wildman–Crippen MR) is 73.9 cm³/mol. The van der Waals surface area contributed by atoms with Crippen LogP contribution >= 0.6 is 31.9 Å². The fourth-order valence-electron chi connectivity index (χ4n) is 0.944. The smallest absolute Gasteiger partial charge is 0.315 e. The van der Waals surface area contributed by atoms with Crippen LogP contribution in [0.1, 0.15) is 0 Å². The van der Waals surface area contributed by atoms with Crippen LogP contribution in [-0.2, 0) is 0 Å². The number of aromatic hydroxyl groups is 2. The Bertz CT molecular complexity index is 574. The molecule has 0 radical (unpaired) electrons. The lowest BCUT2D eigenvalue weighted by atomic mass is 10.4. The van der Waals surface area contributed by atoms with Gasteiger partial charge in [0.1, 0.15) is 10.4 Å². The Hall–Kier alpha value is -1.74. The van der Waals surface area contributed by atoms with Crippen molar-refractivity contribution in [1.29, 1.82) is 0 Å². The zero-order chi connectivity index (χ0) is 14.4. The number of rotatable bonds is 1. The van der Waals surface area contributed by atoms with Gasteiger partial charge in [-0.15, -0.1) is 0 Å². The van der Waals surface area contributed by atoms with Crippen molar-refractivity contribution in [3.8, 4) is 11.5 Å². The van der Waals surface area contributed by atoms with Crippen molar-refractivity contribution < 1.29 is 15.1 Å². The van der Waals surface area contributed by atoms with Crippen LogP contribution in [-0.4, -0.2) is 25.1 Å². The van der Waals surface area contributed by atoms with Gasteiger partial charge in [-0.1, -0.05) is 0 Å². The molecule has 2 rings (SSSR count). The quantitative estimate of drug-likeness (QED) is 0.438. The molecule has 19 heavy (non-hydrogen) atoms. The van der Waals surface area contributed by atoms with Gasteiger partial charge in [0, 0.05) is 18.5 Å². The first-order valence-electron chi connectivity index (χ1n) is 4.70. The molecule has 9 heteroatoms. The highest BCUT2D eigenvalue weighted by atomic mass is 79.9. The number of nitro groups is 1. The molecular weight excluding hydrogens is 386 g/mol. The third kappa shape index (κ3) is 4.45. The summed E-state index contributed by atoms with van der Waals surface area (Å²) in [6.45, 7) is 0. The highest BCUT2D eigenvalue weighted by Crippen LogP contribution is 2.30. The van der Waals surface area contributed by atoms with E-state index in [4.69, 9.17) is 10.2 Å². The largest absolute Gasteiger partial charge is 0.505 e. The second-order valence-corrected chi connectivity index (χ2v) is 4.54. The lowest BCUT2D eigenvalue weighted by Crippen LogP contribution is -1.89. The molecule has 0 unspecified atom stereocenters. The van der Waals surface area contributed by atoms with Crippen molar-refractivity contribution in [2.45, 2.75) is 0 Å². The number of halogens is 2. The number of nitrogens with zero attached hydrogens (tertiary/aromatic N) is 3. The molecule has 0 bridgehead atoms. The van der Waals surface area contributed by atoms with Crippen molar-refractivity contribution >= 4 is 37.5 Å². The van der Waals surface area contributed by atoms with Crippen LogP contribution in [0, 0.1) is 10.1 Å². The van der Waals surface area contributed by atoms with E-state index in [0.29, 0.717) is 4.60 Å². The van der Waals surface area contributed by atoms with Crippen molar-refractivity contribution in [3.05, 3.63) is 49.9 Å². The molecule has 7 nitrogen and oxygen atoms in total. The molecule has 0 amide bonds. The highest BCUT2D eigenvalue weighted by molar-refractivity contribution is 9.10. The van der Waals surface area contributed by atoms with E-state index in [9.17, 15) is 10.1 Å². The summed E-state index contributed by atoms with van der Waals surface area (Å²) in [5.74, 6) is -0.273. The number of hydrogen-bond donors (Lipinski definition) is 2. The fraction of sp³-hybridized carbons (Fsp3) is 0. The van der Waals surface area contributed by atoms with Crippen molar-refractivity contribution in [2.24, 2.45) is 0 Å². The van der Waals surface area contributed by atoms with Gasteiger partial charge in [0.2, 0.25) is 5.75 Å². The third-order valence-corrected chi connectivity index (χ3v) is 2.99.